The minimum absolute atomic E-state index is 0.0773. The van der Waals surface area contributed by atoms with Gasteiger partial charge >= 0.3 is 0 Å². The Hall–Kier alpha value is -3.03. The van der Waals surface area contributed by atoms with E-state index in [2.05, 4.69) is 4.98 Å². The van der Waals surface area contributed by atoms with Crippen LogP contribution in [0.4, 0.5) is 8.78 Å². The topological polar surface area (TPSA) is 52.0 Å². The molecule has 0 saturated heterocycles. The summed E-state index contributed by atoms with van der Waals surface area (Å²) >= 11 is 6.14. The van der Waals surface area contributed by atoms with Gasteiger partial charge in [-0.05, 0) is 47.5 Å². The molecule has 0 spiro atoms. The van der Waals surface area contributed by atoms with Crippen LogP contribution < -0.4 is 0 Å². The van der Waals surface area contributed by atoms with Crippen LogP contribution in [0.15, 0.2) is 78.0 Å². The first-order valence-corrected chi connectivity index (χ1v) is 11.1. The lowest BCUT2D eigenvalue weighted by Crippen LogP contribution is -2.02. The summed E-state index contributed by atoms with van der Waals surface area (Å²) in [4.78, 5) is 4.30. The monoisotopic (exact) mass is 444 g/mol. The van der Waals surface area contributed by atoms with Crippen LogP contribution in [0.5, 0.6) is 0 Å². The smallest absolute Gasteiger partial charge is 0.175 e. The summed E-state index contributed by atoms with van der Waals surface area (Å²) in [6.07, 6.45) is 4.06. The van der Waals surface area contributed by atoms with E-state index in [-0.39, 0.29) is 27.0 Å². The first-order chi connectivity index (χ1) is 14.3. The van der Waals surface area contributed by atoms with Crippen molar-refractivity contribution in [1.82, 2.24) is 9.55 Å². The van der Waals surface area contributed by atoms with E-state index >= 15 is 4.39 Å². The zero-order chi connectivity index (χ0) is 21.5. The minimum atomic E-state index is -3.39. The van der Waals surface area contributed by atoms with Crippen LogP contribution in [0, 0.1) is 11.6 Å². The van der Waals surface area contributed by atoms with E-state index in [1.54, 1.807) is 18.2 Å². The van der Waals surface area contributed by atoms with Crippen LogP contribution in [-0.4, -0.2) is 24.2 Å². The van der Waals surface area contributed by atoms with Gasteiger partial charge in [-0.1, -0.05) is 35.9 Å². The molecule has 0 aliphatic rings. The zero-order valence-electron chi connectivity index (χ0n) is 15.7. The SMILES string of the molecule is CS(=O)(=O)c1cccc(-c2ccc(-n3ccnc3-c3c(F)cccc3Cl)c(F)c2)c1. The number of sulfone groups is 1. The van der Waals surface area contributed by atoms with E-state index in [0.29, 0.717) is 11.1 Å². The molecule has 0 unspecified atom stereocenters. The Labute approximate surface area is 177 Å². The molecule has 8 heteroatoms. The molecule has 1 heterocycles. The van der Waals surface area contributed by atoms with E-state index in [1.807, 2.05) is 0 Å². The highest BCUT2D eigenvalue weighted by Gasteiger charge is 2.18. The van der Waals surface area contributed by atoms with Crippen LogP contribution >= 0.6 is 11.6 Å². The van der Waals surface area contributed by atoms with Crippen LogP contribution in [0.1, 0.15) is 0 Å². The molecule has 4 aromatic rings. The number of benzene rings is 3. The third-order valence-electron chi connectivity index (χ3n) is 4.63. The molecule has 0 aliphatic heterocycles. The number of hydrogen-bond acceptors (Lipinski definition) is 3. The van der Waals surface area contributed by atoms with Gasteiger partial charge in [0.25, 0.3) is 0 Å². The quantitative estimate of drug-likeness (QED) is 0.415. The standard InChI is InChI=1S/C22H15ClF2N2O2S/c1-30(28,29)16-5-2-4-14(12-16)15-8-9-20(19(25)13-15)27-11-10-26-22(27)21-17(23)6-3-7-18(21)24/h2-13H,1H3. The van der Waals surface area contributed by atoms with Gasteiger partial charge in [0.2, 0.25) is 0 Å². The Morgan fingerprint density at radius 2 is 1.67 bits per heavy atom. The summed E-state index contributed by atoms with van der Waals surface area (Å²) in [6, 6.07) is 15.0. The average molecular weight is 445 g/mol. The molecule has 3 aromatic carbocycles. The number of aromatic nitrogens is 2. The molecule has 0 radical (unpaired) electrons. The van der Waals surface area contributed by atoms with Gasteiger partial charge in [0.1, 0.15) is 17.5 Å². The fraction of sp³-hybridized carbons (Fsp3) is 0.0455. The van der Waals surface area contributed by atoms with Crippen molar-refractivity contribution < 1.29 is 17.2 Å². The predicted molar refractivity (Wildman–Crippen MR) is 112 cm³/mol. The van der Waals surface area contributed by atoms with Gasteiger partial charge in [-0.3, -0.25) is 4.57 Å². The van der Waals surface area contributed by atoms with Gasteiger partial charge in [-0.25, -0.2) is 22.2 Å². The summed E-state index contributed by atoms with van der Waals surface area (Å²) in [5.74, 6) is -0.975. The molecular weight excluding hydrogens is 430 g/mol. The van der Waals surface area contributed by atoms with E-state index < -0.39 is 21.5 Å². The minimum Gasteiger partial charge on any atom is -0.297 e. The number of rotatable bonds is 4. The Bertz CT molecular complexity index is 1350. The molecule has 152 valence electrons. The van der Waals surface area contributed by atoms with E-state index in [1.165, 1.54) is 59.4 Å². The van der Waals surface area contributed by atoms with Crippen molar-refractivity contribution in [3.8, 4) is 28.2 Å². The summed E-state index contributed by atoms with van der Waals surface area (Å²) in [5, 5.41) is 0.164. The third kappa shape index (κ3) is 3.74. The second-order valence-electron chi connectivity index (χ2n) is 6.68. The zero-order valence-corrected chi connectivity index (χ0v) is 17.3. The van der Waals surface area contributed by atoms with Crippen molar-refractivity contribution in [2.75, 3.05) is 6.26 Å². The van der Waals surface area contributed by atoms with Gasteiger partial charge in [-0.2, -0.15) is 0 Å². The number of imidazole rings is 1. The first kappa shape index (κ1) is 20.3. The average Bonchev–Trinajstić information content (AvgIpc) is 3.16. The Morgan fingerprint density at radius 1 is 0.933 bits per heavy atom. The highest BCUT2D eigenvalue weighted by molar-refractivity contribution is 7.90. The molecule has 0 saturated carbocycles. The second-order valence-corrected chi connectivity index (χ2v) is 9.11. The molecule has 0 atom stereocenters. The number of halogens is 3. The van der Waals surface area contributed by atoms with Gasteiger partial charge in [0.15, 0.2) is 9.84 Å². The van der Waals surface area contributed by atoms with E-state index in [0.717, 1.165) is 6.26 Å². The van der Waals surface area contributed by atoms with Crippen molar-refractivity contribution >= 4 is 21.4 Å². The van der Waals surface area contributed by atoms with Crippen LogP contribution in [-0.2, 0) is 9.84 Å². The molecule has 30 heavy (non-hydrogen) atoms. The summed E-state index contributed by atoms with van der Waals surface area (Å²) in [5.41, 5.74) is 1.30. The van der Waals surface area contributed by atoms with Crippen LogP contribution in [0.25, 0.3) is 28.2 Å². The van der Waals surface area contributed by atoms with Crippen molar-refractivity contribution in [2.24, 2.45) is 0 Å². The Balaban J connectivity index is 1.79. The lowest BCUT2D eigenvalue weighted by Gasteiger charge is -2.12. The normalized spacial score (nSPS) is 11.6. The molecule has 0 aliphatic carbocycles. The Morgan fingerprint density at radius 3 is 2.37 bits per heavy atom. The first-order valence-electron chi connectivity index (χ1n) is 8.84. The van der Waals surface area contributed by atoms with Crippen molar-refractivity contribution in [3.05, 3.63) is 89.7 Å². The van der Waals surface area contributed by atoms with Crippen molar-refractivity contribution in [3.63, 3.8) is 0 Å². The molecule has 0 N–H and O–H groups in total. The molecule has 4 nitrogen and oxygen atoms in total. The summed E-state index contributed by atoms with van der Waals surface area (Å²) in [7, 11) is -3.39. The van der Waals surface area contributed by atoms with Crippen LogP contribution in [0.3, 0.4) is 0 Å². The molecular formula is C22H15ClF2N2O2S. The second kappa shape index (κ2) is 7.66. The molecule has 4 rings (SSSR count). The highest BCUT2D eigenvalue weighted by atomic mass is 35.5. The van der Waals surface area contributed by atoms with Crippen molar-refractivity contribution in [2.45, 2.75) is 4.90 Å². The fourth-order valence-corrected chi connectivity index (χ4v) is 4.10. The summed E-state index contributed by atoms with van der Waals surface area (Å²) in [6.45, 7) is 0. The maximum Gasteiger partial charge on any atom is 0.175 e. The molecule has 1 aromatic heterocycles. The van der Waals surface area contributed by atoms with Crippen molar-refractivity contribution in [1.29, 1.82) is 0 Å². The lowest BCUT2D eigenvalue weighted by atomic mass is 10.0. The molecule has 0 bridgehead atoms. The molecule has 0 fully saturated rings. The van der Waals surface area contributed by atoms with Gasteiger partial charge in [0, 0.05) is 18.6 Å². The van der Waals surface area contributed by atoms with Gasteiger partial charge < -0.3 is 0 Å². The van der Waals surface area contributed by atoms with Gasteiger partial charge in [-0.15, -0.1) is 0 Å². The number of nitrogens with zero attached hydrogens (tertiary/aromatic N) is 2. The largest absolute Gasteiger partial charge is 0.297 e. The lowest BCUT2D eigenvalue weighted by molar-refractivity contribution is 0.602. The number of hydrogen-bond donors (Lipinski definition) is 0. The Kier molecular flexibility index (Phi) is 5.17. The predicted octanol–water partition coefficient (Wildman–Crippen LogP) is 5.54. The fourth-order valence-electron chi connectivity index (χ4n) is 3.18. The van der Waals surface area contributed by atoms with Crippen LogP contribution in [0.2, 0.25) is 5.02 Å². The molecule has 0 amide bonds. The van der Waals surface area contributed by atoms with E-state index in [9.17, 15) is 12.8 Å². The maximum atomic E-state index is 15.0. The third-order valence-corrected chi connectivity index (χ3v) is 6.06. The van der Waals surface area contributed by atoms with E-state index in [4.69, 9.17) is 11.6 Å². The van der Waals surface area contributed by atoms with Gasteiger partial charge in [0.05, 0.1) is 21.2 Å². The summed E-state index contributed by atoms with van der Waals surface area (Å²) < 4.78 is 54.4. The maximum absolute atomic E-state index is 15.0. The highest BCUT2D eigenvalue weighted by Crippen LogP contribution is 2.32.